The van der Waals surface area contributed by atoms with E-state index in [2.05, 4.69) is 13.0 Å². The fourth-order valence-corrected chi connectivity index (χ4v) is 13.8. The molecule has 372 valence electrons. The summed E-state index contributed by atoms with van der Waals surface area (Å²) < 4.78 is 68.3. The van der Waals surface area contributed by atoms with Gasteiger partial charge in [0.05, 0.1) is 61.0 Å². The average molecular weight is 927 g/mol. The maximum atomic E-state index is 12.7. The first-order chi connectivity index (χ1) is 30.7. The zero-order chi connectivity index (χ0) is 47.0. The van der Waals surface area contributed by atoms with Crippen LogP contribution in [0.1, 0.15) is 119 Å². The van der Waals surface area contributed by atoms with Gasteiger partial charge in [-0.2, -0.15) is 0 Å². The summed E-state index contributed by atoms with van der Waals surface area (Å²) in [6, 6.07) is 0. The molecule has 0 bridgehead atoms. The standard InChI is InChI=1S/C48H78O17/c1-23(49)30-13-16-48(54)46(30,7)36(51)22-35-45(6)14-12-29(17-28(45)11-15-47(35,48)53)62-38-20-33(56-9)44(26(4)60-38)65-40-21-34(57-10)43(27(5)61-40)64-37-18-31(50)42(25(3)59-37)63-39-19-32(55-8)41(52)24(2)58-39/h11,24-27,29-44,50-54H,12-22H2,1-10H3/t24-,25-,26-,27-,29+,30-,31+,32-,33+,34+,35-,36-,37+,38+,39+,40+,41-,42-,43-,44-,45+,46+,47+,48-/m1/s1. The number of aliphatic hydroxyl groups excluding tert-OH is 3. The number of ether oxygens (including phenoxy) is 11. The molecule has 5 N–H and O–H groups in total. The van der Waals surface area contributed by atoms with Gasteiger partial charge in [0.2, 0.25) is 0 Å². The molecule has 0 spiro atoms. The molecule has 0 aromatic rings. The lowest BCUT2D eigenvalue weighted by atomic mass is 9.43. The normalized spacial score (nSPS) is 53.7. The number of rotatable bonds is 12. The van der Waals surface area contributed by atoms with Gasteiger partial charge in [-0.05, 0) is 85.0 Å². The van der Waals surface area contributed by atoms with E-state index in [0.29, 0.717) is 51.4 Å². The second-order valence-corrected chi connectivity index (χ2v) is 21.1. The molecule has 17 heteroatoms. The molecule has 0 aromatic heterocycles. The van der Waals surface area contributed by atoms with Crippen LogP contribution in [0.5, 0.6) is 0 Å². The highest BCUT2D eigenvalue weighted by atomic mass is 16.8. The summed E-state index contributed by atoms with van der Waals surface area (Å²) in [5.74, 6) is -0.933. The number of hydrogen-bond donors (Lipinski definition) is 5. The fourth-order valence-electron chi connectivity index (χ4n) is 13.8. The number of Topliss-reactive ketones (excluding diaryl/α,β-unsaturated/α-hetero) is 1. The molecule has 4 aliphatic carbocycles. The van der Waals surface area contributed by atoms with Gasteiger partial charge in [0, 0.05) is 64.3 Å². The Bertz CT molecular complexity index is 1690. The van der Waals surface area contributed by atoms with Crippen molar-refractivity contribution in [2.45, 2.75) is 241 Å². The predicted molar refractivity (Wildman–Crippen MR) is 230 cm³/mol. The van der Waals surface area contributed by atoms with Crippen molar-refractivity contribution < 1.29 is 82.4 Å². The van der Waals surface area contributed by atoms with Gasteiger partial charge in [0.15, 0.2) is 25.2 Å². The van der Waals surface area contributed by atoms with Crippen LogP contribution in [-0.2, 0) is 56.9 Å². The first-order valence-corrected chi connectivity index (χ1v) is 24.2. The van der Waals surface area contributed by atoms with Crippen LogP contribution in [0.2, 0.25) is 0 Å². The SMILES string of the molecule is CO[C@H]1C[C@H](O[C@H]2CC[C@@]3(C)C(=CC[C@]4(O)[C@@H]3C[C@@H](O)[C@]3(C)[C@@H](C(C)=O)CC[C@@]34O)C2)O[C@H](C)[C@H]1O[C@H]1C[C@H](OC)[C@H](O[C@H]2C[C@H](O)[C@H](O[C@H]3C[C@@H](OC)[C@H](O)[C@@H](C)O3)[C@@H](C)O2)[C@@H](C)O1. The van der Waals surface area contributed by atoms with Crippen molar-refractivity contribution >= 4 is 5.78 Å². The Morgan fingerprint density at radius 1 is 0.662 bits per heavy atom. The summed E-state index contributed by atoms with van der Waals surface area (Å²) in [4.78, 5) is 12.7. The number of carbonyl (C=O) groups excluding carboxylic acids is 1. The van der Waals surface area contributed by atoms with E-state index in [1.165, 1.54) is 14.0 Å². The number of aliphatic hydroxyl groups is 5. The summed E-state index contributed by atoms with van der Waals surface area (Å²) in [7, 11) is 4.81. The van der Waals surface area contributed by atoms with Crippen LogP contribution in [0.25, 0.3) is 0 Å². The molecule has 4 heterocycles. The zero-order valence-corrected chi connectivity index (χ0v) is 40.0. The van der Waals surface area contributed by atoms with E-state index in [4.69, 9.17) is 52.1 Å². The Morgan fingerprint density at radius 2 is 1.17 bits per heavy atom. The third-order valence-corrected chi connectivity index (χ3v) is 17.7. The molecule has 8 aliphatic rings. The number of methoxy groups -OCH3 is 3. The van der Waals surface area contributed by atoms with E-state index < -0.39 is 126 Å². The predicted octanol–water partition coefficient (Wildman–Crippen LogP) is 3.20. The van der Waals surface area contributed by atoms with Crippen LogP contribution in [0.15, 0.2) is 11.6 Å². The molecular formula is C48H78O17. The van der Waals surface area contributed by atoms with Crippen LogP contribution in [0.4, 0.5) is 0 Å². The van der Waals surface area contributed by atoms with Gasteiger partial charge >= 0.3 is 0 Å². The highest BCUT2D eigenvalue weighted by Gasteiger charge is 2.76. The zero-order valence-electron chi connectivity index (χ0n) is 40.0. The Morgan fingerprint density at radius 3 is 1.72 bits per heavy atom. The third-order valence-electron chi connectivity index (χ3n) is 17.7. The minimum atomic E-state index is -1.58. The smallest absolute Gasteiger partial charge is 0.161 e. The molecule has 17 nitrogen and oxygen atoms in total. The Hall–Kier alpha value is -1.23. The summed E-state index contributed by atoms with van der Waals surface area (Å²) in [5.41, 5.74) is -3.46. The van der Waals surface area contributed by atoms with Gasteiger partial charge in [0.1, 0.15) is 41.4 Å². The fraction of sp³-hybridized carbons (Fsp3) is 0.938. The van der Waals surface area contributed by atoms with Gasteiger partial charge in [0.25, 0.3) is 0 Å². The van der Waals surface area contributed by atoms with E-state index in [9.17, 15) is 30.3 Å². The Labute approximate surface area is 384 Å². The van der Waals surface area contributed by atoms with Crippen molar-refractivity contribution in [3.8, 4) is 0 Å². The summed E-state index contributed by atoms with van der Waals surface area (Å²) in [6.45, 7) is 12.9. The molecule has 0 aromatic carbocycles. The van der Waals surface area contributed by atoms with Crippen molar-refractivity contribution in [2.24, 2.45) is 22.7 Å². The Balaban J connectivity index is 0.837. The maximum Gasteiger partial charge on any atom is 0.161 e. The van der Waals surface area contributed by atoms with Crippen LogP contribution in [0.3, 0.4) is 0 Å². The molecule has 0 unspecified atom stereocenters. The quantitative estimate of drug-likeness (QED) is 0.178. The van der Waals surface area contributed by atoms with Gasteiger partial charge in [-0.25, -0.2) is 0 Å². The minimum absolute atomic E-state index is 0.0549. The second-order valence-electron chi connectivity index (χ2n) is 21.1. The van der Waals surface area contributed by atoms with Crippen LogP contribution in [0, 0.1) is 22.7 Å². The number of carbonyl (C=O) groups is 1. The van der Waals surface area contributed by atoms with Crippen molar-refractivity contribution in [1.82, 2.24) is 0 Å². The molecular weight excluding hydrogens is 849 g/mol. The summed E-state index contributed by atoms with van der Waals surface area (Å²) in [6.07, 6.45) is -3.46. The lowest BCUT2D eigenvalue weighted by molar-refractivity contribution is -0.346. The van der Waals surface area contributed by atoms with Gasteiger partial charge in [-0.3, -0.25) is 4.79 Å². The van der Waals surface area contributed by atoms with Crippen molar-refractivity contribution in [3.05, 3.63) is 11.6 Å². The van der Waals surface area contributed by atoms with E-state index >= 15 is 0 Å². The summed E-state index contributed by atoms with van der Waals surface area (Å²) in [5, 5.41) is 58.2. The Kier molecular flexibility index (Phi) is 14.8. The van der Waals surface area contributed by atoms with Crippen molar-refractivity contribution in [2.75, 3.05) is 21.3 Å². The van der Waals surface area contributed by atoms with Gasteiger partial charge < -0.3 is 77.6 Å². The van der Waals surface area contributed by atoms with Crippen LogP contribution < -0.4 is 0 Å². The lowest BCUT2D eigenvalue weighted by Gasteiger charge is -2.66. The molecule has 7 fully saturated rings. The largest absolute Gasteiger partial charge is 0.392 e. The first-order valence-electron chi connectivity index (χ1n) is 24.2. The van der Waals surface area contributed by atoms with Gasteiger partial charge in [-0.15, -0.1) is 0 Å². The molecule has 65 heavy (non-hydrogen) atoms. The van der Waals surface area contributed by atoms with Gasteiger partial charge in [-0.1, -0.05) is 25.5 Å². The van der Waals surface area contributed by atoms with Crippen LogP contribution >= 0.6 is 0 Å². The van der Waals surface area contributed by atoms with E-state index in [1.807, 2.05) is 20.8 Å². The maximum absolute atomic E-state index is 12.7. The lowest BCUT2D eigenvalue weighted by Crippen LogP contribution is -2.75. The molecule has 24 atom stereocenters. The van der Waals surface area contributed by atoms with Crippen LogP contribution in [-0.4, -0.2) is 174 Å². The molecule has 8 rings (SSSR count). The monoisotopic (exact) mass is 927 g/mol. The highest BCUT2D eigenvalue weighted by molar-refractivity contribution is 5.80. The average Bonchev–Trinajstić information content (AvgIpc) is 3.56. The number of ketones is 1. The number of fused-ring (bicyclic) bond motifs is 5. The first kappa shape index (κ1) is 50.2. The molecule has 0 amide bonds. The van der Waals surface area contributed by atoms with Crippen molar-refractivity contribution in [3.63, 3.8) is 0 Å². The molecule has 3 saturated carbocycles. The minimum Gasteiger partial charge on any atom is -0.392 e. The highest BCUT2D eigenvalue weighted by Crippen LogP contribution is 2.69. The third kappa shape index (κ3) is 8.75. The molecule has 0 radical (unpaired) electrons. The van der Waals surface area contributed by atoms with E-state index in [-0.39, 0.29) is 43.2 Å². The van der Waals surface area contributed by atoms with E-state index in [0.717, 1.165) is 5.57 Å². The topological polar surface area (TPSA) is 220 Å². The van der Waals surface area contributed by atoms with Crippen molar-refractivity contribution in [1.29, 1.82) is 0 Å². The second kappa shape index (κ2) is 19.2. The summed E-state index contributed by atoms with van der Waals surface area (Å²) >= 11 is 0. The number of hydrogen-bond acceptors (Lipinski definition) is 17. The molecule has 4 aliphatic heterocycles. The molecule has 4 saturated heterocycles. The van der Waals surface area contributed by atoms with E-state index in [1.54, 1.807) is 28.1 Å².